The second-order valence-electron chi connectivity index (χ2n) is 5.83. The number of nitrogens with one attached hydrogen (secondary N) is 1. The third kappa shape index (κ3) is 3.00. The molecule has 1 aliphatic rings. The minimum Gasteiger partial charge on any atom is -0.487 e. The zero-order valence-corrected chi connectivity index (χ0v) is 11.3. The molecule has 0 amide bonds. The van der Waals surface area contributed by atoms with E-state index in [9.17, 15) is 0 Å². The first kappa shape index (κ1) is 12.4. The van der Waals surface area contributed by atoms with Gasteiger partial charge in [-0.25, -0.2) is 0 Å². The lowest BCUT2D eigenvalue weighted by atomic mass is 9.92. The number of rotatable bonds is 2. The monoisotopic (exact) mass is 237 g/mol. The van der Waals surface area contributed by atoms with Crippen LogP contribution in [0.2, 0.25) is 0 Å². The van der Waals surface area contributed by atoms with Gasteiger partial charge in [0.15, 0.2) is 5.75 Å². The van der Waals surface area contributed by atoms with Gasteiger partial charge in [-0.15, -0.1) is 0 Å². The second kappa shape index (κ2) is 4.69. The summed E-state index contributed by atoms with van der Waals surface area (Å²) in [7, 11) is 1.95. The van der Waals surface area contributed by atoms with E-state index in [2.05, 4.69) is 31.2 Å². The molecule has 1 fully saturated rings. The summed E-state index contributed by atoms with van der Waals surface area (Å²) in [4.78, 5) is 0. The van der Waals surface area contributed by atoms with Gasteiger partial charge in [0.1, 0.15) is 11.8 Å². The Morgan fingerprint density at radius 2 is 2.00 bits per heavy atom. The molecule has 4 nitrogen and oxygen atoms in total. The molecular weight excluding hydrogens is 214 g/mol. The van der Waals surface area contributed by atoms with Gasteiger partial charge in [0.25, 0.3) is 0 Å². The van der Waals surface area contributed by atoms with Crippen molar-refractivity contribution in [2.45, 2.75) is 45.1 Å². The van der Waals surface area contributed by atoms with E-state index in [0.29, 0.717) is 6.10 Å². The Morgan fingerprint density at radius 1 is 1.35 bits per heavy atom. The summed E-state index contributed by atoms with van der Waals surface area (Å²) in [5.41, 5.74) is 1.09. The summed E-state index contributed by atoms with van der Waals surface area (Å²) >= 11 is 0. The molecule has 1 aromatic heterocycles. The minimum atomic E-state index is 0.0313. The highest BCUT2D eigenvalue weighted by molar-refractivity contribution is 5.30. The van der Waals surface area contributed by atoms with Crippen LogP contribution in [-0.4, -0.2) is 29.0 Å². The van der Waals surface area contributed by atoms with Crippen molar-refractivity contribution in [2.24, 2.45) is 7.05 Å². The molecule has 2 heterocycles. The van der Waals surface area contributed by atoms with E-state index >= 15 is 0 Å². The van der Waals surface area contributed by atoms with Gasteiger partial charge in [0.2, 0.25) is 0 Å². The molecule has 1 aromatic rings. The second-order valence-corrected chi connectivity index (χ2v) is 5.83. The van der Waals surface area contributed by atoms with Crippen molar-refractivity contribution in [1.82, 2.24) is 15.1 Å². The van der Waals surface area contributed by atoms with Crippen LogP contribution in [0.1, 0.15) is 39.3 Å². The van der Waals surface area contributed by atoms with E-state index < -0.39 is 0 Å². The first-order valence-corrected chi connectivity index (χ1v) is 6.38. The van der Waals surface area contributed by atoms with E-state index in [-0.39, 0.29) is 5.41 Å². The molecule has 2 rings (SSSR count). The first-order valence-electron chi connectivity index (χ1n) is 6.38. The average molecular weight is 237 g/mol. The average Bonchev–Trinajstić information content (AvgIpc) is 2.60. The summed E-state index contributed by atoms with van der Waals surface area (Å²) in [5.74, 6) is 0.951. The number of aryl methyl sites for hydroxylation is 1. The molecule has 0 unspecified atom stereocenters. The zero-order valence-electron chi connectivity index (χ0n) is 11.3. The van der Waals surface area contributed by atoms with E-state index in [0.717, 1.165) is 37.4 Å². The number of piperidine rings is 1. The molecular formula is C13H23N3O. The van der Waals surface area contributed by atoms with Crippen molar-refractivity contribution in [3.8, 4) is 5.75 Å². The Kier molecular flexibility index (Phi) is 3.43. The summed E-state index contributed by atoms with van der Waals surface area (Å²) in [6, 6.07) is 0. The van der Waals surface area contributed by atoms with Gasteiger partial charge >= 0.3 is 0 Å². The third-order valence-electron chi connectivity index (χ3n) is 3.09. The summed E-state index contributed by atoms with van der Waals surface area (Å²) in [5, 5.41) is 7.87. The van der Waals surface area contributed by atoms with Gasteiger partial charge in [-0.05, 0) is 25.9 Å². The predicted octanol–water partition coefficient (Wildman–Crippen LogP) is 1.85. The Labute approximate surface area is 103 Å². The van der Waals surface area contributed by atoms with Crippen molar-refractivity contribution < 1.29 is 4.74 Å². The molecule has 0 saturated carbocycles. The summed E-state index contributed by atoms with van der Waals surface area (Å²) in [6.07, 6.45) is 4.49. The molecule has 17 heavy (non-hydrogen) atoms. The Bertz CT molecular complexity index is 373. The predicted molar refractivity (Wildman–Crippen MR) is 68.4 cm³/mol. The molecule has 0 aliphatic carbocycles. The standard InChI is InChI=1S/C13H23N3O/c1-13(2,3)12-11(9-16(4)15-12)17-10-5-7-14-8-6-10/h9-10,14H,5-8H2,1-4H3. The molecule has 1 saturated heterocycles. The van der Waals surface area contributed by atoms with E-state index in [4.69, 9.17) is 4.74 Å². The van der Waals surface area contributed by atoms with Gasteiger partial charge in [-0.1, -0.05) is 20.8 Å². The van der Waals surface area contributed by atoms with Crippen LogP contribution in [0.3, 0.4) is 0 Å². The van der Waals surface area contributed by atoms with Crippen LogP contribution < -0.4 is 10.1 Å². The van der Waals surface area contributed by atoms with Crippen LogP contribution >= 0.6 is 0 Å². The van der Waals surface area contributed by atoms with Crippen LogP contribution in [0.15, 0.2) is 6.20 Å². The van der Waals surface area contributed by atoms with E-state index in [1.165, 1.54) is 0 Å². The Balaban J connectivity index is 2.14. The van der Waals surface area contributed by atoms with Crippen molar-refractivity contribution >= 4 is 0 Å². The maximum atomic E-state index is 6.11. The minimum absolute atomic E-state index is 0.0313. The van der Waals surface area contributed by atoms with Crippen LogP contribution in [0.25, 0.3) is 0 Å². The highest BCUT2D eigenvalue weighted by atomic mass is 16.5. The quantitative estimate of drug-likeness (QED) is 0.853. The van der Waals surface area contributed by atoms with Crippen molar-refractivity contribution in [3.63, 3.8) is 0 Å². The van der Waals surface area contributed by atoms with Gasteiger partial charge in [-0.2, -0.15) is 5.10 Å². The number of nitrogens with zero attached hydrogens (tertiary/aromatic N) is 2. The maximum Gasteiger partial charge on any atom is 0.161 e. The Morgan fingerprint density at radius 3 is 2.59 bits per heavy atom. The fourth-order valence-corrected chi connectivity index (χ4v) is 2.17. The van der Waals surface area contributed by atoms with Gasteiger partial charge < -0.3 is 10.1 Å². The van der Waals surface area contributed by atoms with Crippen molar-refractivity contribution in [3.05, 3.63) is 11.9 Å². The topological polar surface area (TPSA) is 39.1 Å². The lowest BCUT2D eigenvalue weighted by molar-refractivity contribution is 0.159. The molecule has 0 bridgehead atoms. The smallest absolute Gasteiger partial charge is 0.161 e. The van der Waals surface area contributed by atoms with Crippen LogP contribution in [0, 0.1) is 0 Å². The number of hydrogen-bond acceptors (Lipinski definition) is 3. The van der Waals surface area contributed by atoms with Gasteiger partial charge in [0, 0.05) is 12.5 Å². The number of hydrogen-bond donors (Lipinski definition) is 1. The van der Waals surface area contributed by atoms with E-state index in [1.807, 2.05) is 17.9 Å². The molecule has 1 aliphatic heterocycles. The van der Waals surface area contributed by atoms with Crippen LogP contribution in [0.4, 0.5) is 0 Å². The fraction of sp³-hybridized carbons (Fsp3) is 0.769. The molecule has 96 valence electrons. The summed E-state index contributed by atoms with van der Waals surface area (Å²) < 4.78 is 7.95. The van der Waals surface area contributed by atoms with E-state index in [1.54, 1.807) is 0 Å². The normalized spacial score (nSPS) is 18.4. The lowest BCUT2D eigenvalue weighted by Crippen LogP contribution is -2.34. The highest BCUT2D eigenvalue weighted by Gasteiger charge is 2.25. The molecule has 1 N–H and O–H groups in total. The zero-order chi connectivity index (χ0) is 12.5. The third-order valence-corrected chi connectivity index (χ3v) is 3.09. The van der Waals surface area contributed by atoms with Crippen LogP contribution in [0.5, 0.6) is 5.75 Å². The van der Waals surface area contributed by atoms with Gasteiger partial charge in [-0.3, -0.25) is 4.68 Å². The lowest BCUT2D eigenvalue weighted by Gasteiger charge is -2.25. The Hall–Kier alpha value is -1.03. The molecule has 0 atom stereocenters. The van der Waals surface area contributed by atoms with Crippen molar-refractivity contribution in [2.75, 3.05) is 13.1 Å². The largest absolute Gasteiger partial charge is 0.487 e. The fourth-order valence-electron chi connectivity index (χ4n) is 2.17. The molecule has 0 aromatic carbocycles. The van der Waals surface area contributed by atoms with Gasteiger partial charge in [0.05, 0.1) is 6.20 Å². The maximum absolute atomic E-state index is 6.11. The molecule has 4 heteroatoms. The SMILES string of the molecule is Cn1cc(OC2CCNCC2)c(C(C)(C)C)n1. The van der Waals surface area contributed by atoms with Crippen molar-refractivity contribution in [1.29, 1.82) is 0 Å². The first-order chi connectivity index (χ1) is 7.97. The highest BCUT2D eigenvalue weighted by Crippen LogP contribution is 2.31. The molecule has 0 radical (unpaired) electrons. The molecule has 0 spiro atoms. The number of aromatic nitrogens is 2. The summed E-state index contributed by atoms with van der Waals surface area (Å²) in [6.45, 7) is 8.62. The van der Waals surface area contributed by atoms with Crippen LogP contribution in [-0.2, 0) is 12.5 Å². The number of ether oxygens (including phenoxy) is 1.